The van der Waals surface area contributed by atoms with Crippen LogP contribution in [0.1, 0.15) is 5.56 Å². The van der Waals surface area contributed by atoms with Gasteiger partial charge in [0.05, 0.1) is 5.69 Å². The minimum atomic E-state index is -4.53. The molecular weight excluding hydrogens is 222 g/mol. The summed E-state index contributed by atoms with van der Waals surface area (Å²) in [6.45, 7) is 1.53. The molecule has 0 bridgehead atoms. The van der Waals surface area contributed by atoms with Crippen molar-refractivity contribution in [2.75, 3.05) is 0 Å². The van der Waals surface area contributed by atoms with Crippen molar-refractivity contribution in [3.8, 4) is 5.75 Å². The summed E-state index contributed by atoms with van der Waals surface area (Å²) >= 11 is 0. The van der Waals surface area contributed by atoms with Gasteiger partial charge in [0, 0.05) is 4.91 Å². The van der Waals surface area contributed by atoms with Crippen LogP contribution in [0.5, 0.6) is 5.75 Å². The van der Waals surface area contributed by atoms with Crippen molar-refractivity contribution in [1.29, 1.82) is 0 Å². The molecule has 80 valence electrons. The molecule has 8 heteroatoms. The number of benzene rings is 1. The van der Waals surface area contributed by atoms with Crippen molar-refractivity contribution in [3.63, 3.8) is 0 Å². The van der Waals surface area contributed by atoms with Gasteiger partial charge in [0.2, 0.25) is 0 Å². The molecule has 0 aliphatic carbocycles. The number of rotatable bonds is 2. The highest BCUT2D eigenvalue weighted by molar-refractivity contribution is 7.86. The summed E-state index contributed by atoms with van der Waals surface area (Å²) in [5.41, 5.74) is 8.35. The van der Waals surface area contributed by atoms with Gasteiger partial charge < -0.3 is 5.11 Å². The Balaban J connectivity index is 3.63. The molecule has 0 aliphatic heterocycles. The largest absolute Gasteiger partial charge is 0.506 e. The van der Waals surface area contributed by atoms with E-state index in [1.807, 2.05) is 0 Å². The van der Waals surface area contributed by atoms with Gasteiger partial charge in [-0.1, -0.05) is 5.11 Å². The molecule has 15 heavy (non-hydrogen) atoms. The highest BCUT2D eigenvalue weighted by Gasteiger charge is 2.18. The van der Waals surface area contributed by atoms with Crippen LogP contribution in [0, 0.1) is 6.92 Å². The number of phenolic OH excluding ortho intramolecular Hbond substituents is 1. The molecule has 0 aliphatic rings. The maximum atomic E-state index is 10.8. The zero-order valence-electron chi connectivity index (χ0n) is 7.62. The maximum Gasteiger partial charge on any atom is 0.298 e. The molecule has 0 radical (unpaired) electrons. The summed E-state index contributed by atoms with van der Waals surface area (Å²) in [5, 5.41) is 12.5. The average Bonchev–Trinajstić information content (AvgIpc) is 2.09. The first kappa shape index (κ1) is 11.3. The van der Waals surface area contributed by atoms with Crippen LogP contribution in [0.15, 0.2) is 22.1 Å². The number of hydrogen-bond acceptors (Lipinski definition) is 4. The molecule has 1 aromatic carbocycles. The molecule has 0 saturated heterocycles. The first-order valence-corrected chi connectivity index (χ1v) is 5.16. The topological polar surface area (TPSA) is 123 Å². The Morgan fingerprint density at radius 2 is 2.07 bits per heavy atom. The highest BCUT2D eigenvalue weighted by atomic mass is 32.2. The van der Waals surface area contributed by atoms with E-state index in [2.05, 4.69) is 10.0 Å². The molecule has 1 rings (SSSR count). The van der Waals surface area contributed by atoms with Gasteiger partial charge >= 0.3 is 0 Å². The second-order valence-electron chi connectivity index (χ2n) is 2.80. The molecule has 2 N–H and O–H groups in total. The molecule has 0 spiro atoms. The van der Waals surface area contributed by atoms with Gasteiger partial charge in [-0.25, -0.2) is 0 Å². The normalized spacial score (nSPS) is 10.8. The monoisotopic (exact) mass is 229 g/mol. The van der Waals surface area contributed by atoms with E-state index >= 15 is 0 Å². The predicted octanol–water partition coefficient (Wildman–Crippen LogP) is 1.89. The third kappa shape index (κ3) is 2.38. The lowest BCUT2D eigenvalue weighted by Gasteiger charge is -2.05. The second kappa shape index (κ2) is 3.77. The van der Waals surface area contributed by atoms with E-state index in [-0.39, 0.29) is 5.69 Å². The molecule has 0 atom stereocenters. The minimum Gasteiger partial charge on any atom is -0.506 e. The summed E-state index contributed by atoms with van der Waals surface area (Å²) in [6.07, 6.45) is 0. The molecule has 7 nitrogen and oxygen atoms in total. The van der Waals surface area contributed by atoms with Crippen LogP contribution < -0.4 is 0 Å². The standard InChI is InChI=1S/C7H7N3O4S/c1-4-2-5(9-10-8)7(11)6(3-4)15(12,13)14/h2-3,11H,1H3,(H,12,13,14). The molecule has 0 unspecified atom stereocenters. The van der Waals surface area contributed by atoms with E-state index in [1.54, 1.807) is 0 Å². The third-order valence-electron chi connectivity index (χ3n) is 1.63. The van der Waals surface area contributed by atoms with Crippen LogP contribution in [-0.4, -0.2) is 18.1 Å². The molecule has 0 fully saturated rings. The number of phenols is 1. The van der Waals surface area contributed by atoms with Crippen molar-refractivity contribution in [1.82, 2.24) is 0 Å². The lowest BCUT2D eigenvalue weighted by molar-refractivity contribution is 0.444. The first-order valence-electron chi connectivity index (χ1n) is 3.72. The Labute approximate surface area is 85.4 Å². The fraction of sp³-hybridized carbons (Fsp3) is 0.143. The average molecular weight is 229 g/mol. The van der Waals surface area contributed by atoms with Gasteiger partial charge in [-0.15, -0.1) is 0 Å². The Hall–Kier alpha value is -1.76. The van der Waals surface area contributed by atoms with Crippen LogP contribution in [0.2, 0.25) is 0 Å². The highest BCUT2D eigenvalue weighted by Crippen LogP contribution is 2.34. The van der Waals surface area contributed by atoms with Gasteiger partial charge in [-0.2, -0.15) is 8.42 Å². The number of aryl methyl sites for hydroxylation is 1. The van der Waals surface area contributed by atoms with Crippen LogP contribution in [0.3, 0.4) is 0 Å². The van der Waals surface area contributed by atoms with Crippen LogP contribution >= 0.6 is 0 Å². The van der Waals surface area contributed by atoms with E-state index < -0.39 is 20.8 Å². The van der Waals surface area contributed by atoms with Crippen LogP contribution in [-0.2, 0) is 10.1 Å². The molecular formula is C7H7N3O4S. The quantitative estimate of drug-likeness (QED) is 0.347. The van der Waals surface area contributed by atoms with Gasteiger partial charge in [-0.3, -0.25) is 4.55 Å². The van der Waals surface area contributed by atoms with Gasteiger partial charge in [0.15, 0.2) is 0 Å². The lowest BCUT2D eigenvalue weighted by atomic mass is 10.2. The van der Waals surface area contributed by atoms with Gasteiger partial charge in [-0.05, 0) is 30.2 Å². The van der Waals surface area contributed by atoms with E-state index in [1.165, 1.54) is 13.0 Å². The first-order chi connectivity index (χ1) is 6.86. The predicted molar refractivity (Wildman–Crippen MR) is 51.5 cm³/mol. The van der Waals surface area contributed by atoms with Crippen LogP contribution in [0.4, 0.5) is 5.69 Å². The zero-order chi connectivity index (χ0) is 11.6. The molecule has 0 heterocycles. The Morgan fingerprint density at radius 1 is 1.47 bits per heavy atom. The minimum absolute atomic E-state index is 0.245. The summed E-state index contributed by atoms with van der Waals surface area (Å²) in [7, 11) is -4.53. The molecule has 1 aromatic rings. The van der Waals surface area contributed by atoms with Crippen molar-refractivity contribution < 1.29 is 18.1 Å². The maximum absolute atomic E-state index is 10.8. The fourth-order valence-electron chi connectivity index (χ4n) is 1.05. The van der Waals surface area contributed by atoms with Crippen molar-refractivity contribution in [2.24, 2.45) is 5.11 Å². The molecule has 0 saturated carbocycles. The second-order valence-corrected chi connectivity index (χ2v) is 4.19. The smallest absolute Gasteiger partial charge is 0.298 e. The number of hydrogen-bond donors (Lipinski definition) is 2. The number of azide groups is 1. The Bertz CT molecular complexity index is 546. The summed E-state index contributed by atoms with van der Waals surface area (Å²) in [6, 6.07) is 2.37. The fourth-order valence-corrected chi connectivity index (χ4v) is 1.73. The van der Waals surface area contributed by atoms with E-state index in [0.717, 1.165) is 6.07 Å². The van der Waals surface area contributed by atoms with Gasteiger partial charge in [0.25, 0.3) is 10.1 Å². The Morgan fingerprint density at radius 3 is 2.53 bits per heavy atom. The summed E-state index contributed by atoms with van der Waals surface area (Å²) in [4.78, 5) is 1.74. The molecule has 0 amide bonds. The van der Waals surface area contributed by atoms with Crippen molar-refractivity contribution >= 4 is 15.8 Å². The van der Waals surface area contributed by atoms with E-state index in [9.17, 15) is 13.5 Å². The van der Waals surface area contributed by atoms with Crippen molar-refractivity contribution in [2.45, 2.75) is 11.8 Å². The zero-order valence-corrected chi connectivity index (χ0v) is 8.43. The van der Waals surface area contributed by atoms with Crippen molar-refractivity contribution in [3.05, 3.63) is 28.1 Å². The van der Waals surface area contributed by atoms with Crippen LogP contribution in [0.25, 0.3) is 10.4 Å². The van der Waals surface area contributed by atoms with E-state index in [0.29, 0.717) is 5.56 Å². The lowest BCUT2D eigenvalue weighted by Crippen LogP contribution is -1.99. The van der Waals surface area contributed by atoms with Gasteiger partial charge in [0.1, 0.15) is 10.6 Å². The third-order valence-corrected chi connectivity index (χ3v) is 2.50. The summed E-state index contributed by atoms with van der Waals surface area (Å²) < 4.78 is 30.4. The number of aromatic hydroxyl groups is 1. The number of nitrogens with zero attached hydrogens (tertiary/aromatic N) is 3. The molecule has 0 aromatic heterocycles. The Kier molecular flexibility index (Phi) is 2.85. The van der Waals surface area contributed by atoms with E-state index in [4.69, 9.17) is 10.1 Å². The summed E-state index contributed by atoms with van der Waals surface area (Å²) in [5.74, 6) is -0.763. The SMILES string of the molecule is Cc1cc(N=[N+]=[N-])c(O)c(S(=O)(=O)O)c1.